The van der Waals surface area contributed by atoms with Crippen LogP contribution in [0.5, 0.6) is 0 Å². The first kappa shape index (κ1) is 10.2. The van der Waals surface area contributed by atoms with Gasteiger partial charge in [-0.1, -0.05) is 0 Å². The van der Waals surface area contributed by atoms with Crippen molar-refractivity contribution in [2.24, 2.45) is 0 Å². The van der Waals surface area contributed by atoms with Crippen LogP contribution in [0.3, 0.4) is 0 Å². The van der Waals surface area contributed by atoms with Crippen molar-refractivity contribution in [2.45, 2.75) is 6.92 Å². The first-order valence-corrected chi connectivity index (χ1v) is 1.58. The molecule has 0 rings (SSSR count). The second kappa shape index (κ2) is 6.21. The predicted molar refractivity (Wildman–Crippen MR) is 29.6 cm³/mol. The third-order valence-electron chi connectivity index (χ3n) is 0.309. The number of hydrogen-bond donors (Lipinski definition) is 1. The van der Waals surface area contributed by atoms with E-state index in [0.29, 0.717) is 0 Å². The molecule has 0 aromatic heterocycles. The molecule has 0 heterocycles. The Morgan fingerprint density at radius 3 is 2.14 bits per heavy atom. The van der Waals surface area contributed by atoms with Crippen LogP contribution in [0.4, 0.5) is 0 Å². The van der Waals surface area contributed by atoms with Crippen LogP contribution in [0, 0.1) is 0 Å². The molecule has 0 aliphatic carbocycles. The number of ketones is 1. The molecule has 1 N–H and O–H groups in total. The second-order valence-corrected chi connectivity index (χ2v) is 0.926. The fourth-order valence-corrected chi connectivity index (χ4v) is 0.105. The minimum atomic E-state index is -0.141. The van der Waals surface area contributed by atoms with Gasteiger partial charge in [0.25, 0.3) is 0 Å². The van der Waals surface area contributed by atoms with Crippen LogP contribution in [0.1, 0.15) is 6.92 Å². The van der Waals surface area contributed by atoms with Crippen molar-refractivity contribution in [3.63, 3.8) is 0 Å². The Balaban J connectivity index is 0. The molecule has 0 aromatic rings. The van der Waals surface area contributed by atoms with Crippen LogP contribution < -0.4 is 0 Å². The fourth-order valence-electron chi connectivity index (χ4n) is 0.105. The maximum absolute atomic E-state index is 9.80. The Bertz CT molecular complexity index is 77.8. The molecule has 0 spiro atoms. The van der Waals surface area contributed by atoms with Crippen molar-refractivity contribution in [3.05, 3.63) is 12.3 Å². The molecule has 0 unspecified atom stereocenters. The first-order valence-electron chi connectivity index (χ1n) is 1.58. The molecule has 0 radical (unpaired) electrons. The molecule has 0 fully saturated rings. The van der Waals surface area contributed by atoms with Crippen molar-refractivity contribution in [2.75, 3.05) is 0 Å². The van der Waals surface area contributed by atoms with Gasteiger partial charge in [0, 0.05) is 6.08 Å². The average molecular weight is 110 g/mol. The molecular formula is C4H7NaO2. The Kier molecular flexibility index (Phi) is 9.09. The Hall–Kier alpha value is 0.210. The van der Waals surface area contributed by atoms with E-state index in [0.717, 1.165) is 12.3 Å². The van der Waals surface area contributed by atoms with Crippen molar-refractivity contribution in [3.8, 4) is 0 Å². The van der Waals surface area contributed by atoms with Crippen LogP contribution >= 0.6 is 0 Å². The van der Waals surface area contributed by atoms with Gasteiger partial charge in [-0.3, -0.25) is 4.79 Å². The van der Waals surface area contributed by atoms with Gasteiger partial charge >= 0.3 is 29.6 Å². The molecule has 36 valence electrons. The van der Waals surface area contributed by atoms with Crippen LogP contribution in [0.25, 0.3) is 0 Å². The van der Waals surface area contributed by atoms with Gasteiger partial charge in [-0.2, -0.15) is 0 Å². The normalized spacial score (nSPS) is 8.14. The van der Waals surface area contributed by atoms with Crippen LogP contribution in [0.15, 0.2) is 12.3 Å². The molecular weight excluding hydrogens is 103 g/mol. The molecule has 0 aromatic carbocycles. The van der Waals surface area contributed by atoms with Crippen molar-refractivity contribution >= 4 is 35.3 Å². The SMILES string of the molecule is CC(=O)/C=C/O.[NaH]. The Labute approximate surface area is 64.5 Å². The zero-order valence-electron chi connectivity index (χ0n) is 3.51. The number of aliphatic hydroxyl groups is 1. The van der Waals surface area contributed by atoms with Gasteiger partial charge < -0.3 is 5.11 Å². The maximum atomic E-state index is 9.80. The minimum absolute atomic E-state index is 0. The number of rotatable bonds is 1. The summed E-state index contributed by atoms with van der Waals surface area (Å²) in [5.74, 6) is -0.141. The van der Waals surface area contributed by atoms with E-state index in [1.165, 1.54) is 6.92 Å². The van der Waals surface area contributed by atoms with Gasteiger partial charge in [0.2, 0.25) is 0 Å². The number of hydrogen-bond acceptors (Lipinski definition) is 2. The van der Waals surface area contributed by atoms with E-state index in [1.807, 2.05) is 0 Å². The molecule has 0 atom stereocenters. The summed E-state index contributed by atoms with van der Waals surface area (Å²) in [5, 5.41) is 7.84. The van der Waals surface area contributed by atoms with Crippen LogP contribution in [-0.4, -0.2) is 40.4 Å². The predicted octanol–water partition coefficient (Wildman–Crippen LogP) is -0.00140. The number of carbonyl (C=O) groups is 1. The van der Waals surface area contributed by atoms with E-state index in [4.69, 9.17) is 5.11 Å². The van der Waals surface area contributed by atoms with Gasteiger partial charge in [-0.05, 0) is 6.92 Å². The third-order valence-corrected chi connectivity index (χ3v) is 0.309. The molecule has 0 aliphatic rings. The van der Waals surface area contributed by atoms with E-state index in [1.54, 1.807) is 0 Å². The third kappa shape index (κ3) is 10.7. The molecule has 7 heavy (non-hydrogen) atoms. The average Bonchev–Trinajstić information content (AvgIpc) is 1.35. The van der Waals surface area contributed by atoms with Crippen molar-refractivity contribution in [1.29, 1.82) is 0 Å². The topological polar surface area (TPSA) is 37.3 Å². The molecule has 0 saturated carbocycles. The van der Waals surface area contributed by atoms with Gasteiger partial charge in [0.1, 0.15) is 0 Å². The van der Waals surface area contributed by atoms with Crippen molar-refractivity contribution in [1.82, 2.24) is 0 Å². The Morgan fingerprint density at radius 1 is 1.71 bits per heavy atom. The summed E-state index contributed by atoms with van der Waals surface area (Å²) in [6.07, 6.45) is 1.81. The van der Waals surface area contributed by atoms with E-state index < -0.39 is 0 Å². The quantitative estimate of drug-likeness (QED) is 0.293. The van der Waals surface area contributed by atoms with Crippen LogP contribution in [0.2, 0.25) is 0 Å². The van der Waals surface area contributed by atoms with Gasteiger partial charge in [-0.15, -0.1) is 0 Å². The Morgan fingerprint density at radius 2 is 2.14 bits per heavy atom. The van der Waals surface area contributed by atoms with Crippen LogP contribution in [-0.2, 0) is 4.79 Å². The molecule has 0 bridgehead atoms. The molecule has 3 heteroatoms. The molecule has 2 nitrogen and oxygen atoms in total. The number of aliphatic hydroxyl groups excluding tert-OH is 1. The summed E-state index contributed by atoms with van der Waals surface area (Å²) in [6.45, 7) is 1.37. The standard InChI is InChI=1S/C4H6O2.Na.H/c1-4(6)2-3-5;;/h2-3,5H,1H3;;/b3-2+;;. The summed E-state index contributed by atoms with van der Waals surface area (Å²) in [5.41, 5.74) is 0. The summed E-state index contributed by atoms with van der Waals surface area (Å²) in [6, 6.07) is 0. The zero-order chi connectivity index (χ0) is 4.99. The fraction of sp³-hybridized carbons (Fsp3) is 0.250. The summed E-state index contributed by atoms with van der Waals surface area (Å²) >= 11 is 0. The van der Waals surface area contributed by atoms with Gasteiger partial charge in [0.15, 0.2) is 5.78 Å². The van der Waals surface area contributed by atoms with Gasteiger partial charge in [0.05, 0.1) is 6.26 Å². The van der Waals surface area contributed by atoms with E-state index in [-0.39, 0.29) is 35.3 Å². The summed E-state index contributed by atoms with van der Waals surface area (Å²) in [7, 11) is 0. The van der Waals surface area contributed by atoms with E-state index in [2.05, 4.69) is 0 Å². The number of allylic oxidation sites excluding steroid dienone is 1. The monoisotopic (exact) mass is 110 g/mol. The van der Waals surface area contributed by atoms with E-state index in [9.17, 15) is 4.79 Å². The molecule has 0 saturated heterocycles. The van der Waals surface area contributed by atoms with E-state index >= 15 is 0 Å². The summed E-state index contributed by atoms with van der Waals surface area (Å²) in [4.78, 5) is 9.80. The second-order valence-electron chi connectivity index (χ2n) is 0.926. The molecule has 0 amide bonds. The van der Waals surface area contributed by atoms with Gasteiger partial charge in [-0.25, -0.2) is 0 Å². The molecule has 0 aliphatic heterocycles. The first-order chi connectivity index (χ1) is 2.77. The van der Waals surface area contributed by atoms with Crippen molar-refractivity contribution < 1.29 is 9.90 Å². The summed E-state index contributed by atoms with van der Waals surface area (Å²) < 4.78 is 0. The zero-order valence-corrected chi connectivity index (χ0v) is 3.51. The number of carbonyl (C=O) groups excluding carboxylic acids is 1.